The SMILES string of the molecule is COc1ccc(-n2ccc(CNC(=O)CCC(=O)N3CCc4sccc4C3)n2)cc1. The molecule has 1 aliphatic heterocycles. The molecule has 0 saturated carbocycles. The first-order chi connectivity index (χ1) is 14.6. The first-order valence-electron chi connectivity index (χ1n) is 9.91. The number of carbonyl (C=O) groups excluding carboxylic acids is 2. The summed E-state index contributed by atoms with van der Waals surface area (Å²) < 4.78 is 6.91. The van der Waals surface area contributed by atoms with Crippen LogP contribution in [0.25, 0.3) is 5.69 Å². The second-order valence-corrected chi connectivity index (χ2v) is 8.16. The molecule has 0 bridgehead atoms. The van der Waals surface area contributed by atoms with Crippen LogP contribution < -0.4 is 10.1 Å². The van der Waals surface area contributed by atoms with Crippen LogP contribution in [0.4, 0.5) is 0 Å². The Kier molecular flexibility index (Phi) is 6.13. The van der Waals surface area contributed by atoms with Crippen LogP contribution in [0.3, 0.4) is 0 Å². The standard InChI is InChI=1S/C22H24N4O3S/c1-29-19-4-2-18(3-5-19)26-12-8-17(24-26)14-23-21(27)6-7-22(28)25-11-9-20-16(15-25)10-13-30-20/h2-5,8,10,12-13H,6-7,9,11,14-15H2,1H3,(H,23,27). The Hall–Kier alpha value is -3.13. The molecule has 1 aliphatic rings. The van der Waals surface area contributed by atoms with Crippen molar-refractivity contribution in [3.8, 4) is 11.4 Å². The highest BCUT2D eigenvalue weighted by Crippen LogP contribution is 2.24. The molecule has 30 heavy (non-hydrogen) atoms. The van der Waals surface area contributed by atoms with E-state index in [0.29, 0.717) is 13.1 Å². The van der Waals surface area contributed by atoms with E-state index in [4.69, 9.17) is 4.74 Å². The summed E-state index contributed by atoms with van der Waals surface area (Å²) in [5.41, 5.74) is 2.90. The van der Waals surface area contributed by atoms with Gasteiger partial charge in [0.1, 0.15) is 5.75 Å². The third-order valence-electron chi connectivity index (χ3n) is 5.17. The molecule has 3 heterocycles. The van der Waals surface area contributed by atoms with Crippen molar-refractivity contribution >= 4 is 23.2 Å². The second-order valence-electron chi connectivity index (χ2n) is 7.16. The Balaban J connectivity index is 1.22. The van der Waals surface area contributed by atoms with Gasteiger partial charge in [-0.25, -0.2) is 4.68 Å². The van der Waals surface area contributed by atoms with Crippen LogP contribution >= 0.6 is 11.3 Å². The number of benzene rings is 1. The number of methoxy groups -OCH3 is 1. The van der Waals surface area contributed by atoms with Crippen molar-refractivity contribution < 1.29 is 14.3 Å². The third-order valence-corrected chi connectivity index (χ3v) is 6.20. The zero-order valence-electron chi connectivity index (χ0n) is 16.8. The predicted molar refractivity (Wildman–Crippen MR) is 115 cm³/mol. The van der Waals surface area contributed by atoms with E-state index in [2.05, 4.69) is 21.9 Å². The molecule has 7 nitrogen and oxygen atoms in total. The monoisotopic (exact) mass is 424 g/mol. The fourth-order valence-corrected chi connectivity index (χ4v) is 4.34. The number of ether oxygens (including phenoxy) is 1. The van der Waals surface area contributed by atoms with E-state index >= 15 is 0 Å². The molecule has 1 aromatic carbocycles. The lowest BCUT2D eigenvalue weighted by Crippen LogP contribution is -2.36. The highest BCUT2D eigenvalue weighted by atomic mass is 32.1. The second kappa shape index (κ2) is 9.13. The average Bonchev–Trinajstić information content (AvgIpc) is 3.45. The Bertz CT molecular complexity index is 1030. The van der Waals surface area contributed by atoms with Crippen molar-refractivity contribution in [3.05, 3.63) is 64.1 Å². The molecule has 156 valence electrons. The number of rotatable bonds is 7. The normalized spacial score (nSPS) is 13.0. The highest BCUT2D eigenvalue weighted by molar-refractivity contribution is 7.10. The van der Waals surface area contributed by atoms with Crippen LogP contribution in [-0.2, 0) is 29.1 Å². The molecule has 0 unspecified atom stereocenters. The lowest BCUT2D eigenvalue weighted by Gasteiger charge is -2.27. The van der Waals surface area contributed by atoms with Crippen molar-refractivity contribution in [2.24, 2.45) is 0 Å². The molecule has 3 aromatic rings. The molecule has 2 aromatic heterocycles. The molecular weight excluding hydrogens is 400 g/mol. The lowest BCUT2D eigenvalue weighted by molar-refractivity contribution is -0.134. The molecule has 0 spiro atoms. The molecule has 0 atom stereocenters. The van der Waals surface area contributed by atoms with Gasteiger partial charge in [-0.2, -0.15) is 5.10 Å². The molecular formula is C22H24N4O3S. The van der Waals surface area contributed by atoms with Gasteiger partial charge in [-0.3, -0.25) is 9.59 Å². The Morgan fingerprint density at radius 1 is 1.17 bits per heavy atom. The Morgan fingerprint density at radius 3 is 2.80 bits per heavy atom. The maximum absolute atomic E-state index is 12.4. The smallest absolute Gasteiger partial charge is 0.223 e. The van der Waals surface area contributed by atoms with Crippen molar-refractivity contribution in [1.29, 1.82) is 0 Å². The van der Waals surface area contributed by atoms with Crippen molar-refractivity contribution in [1.82, 2.24) is 20.0 Å². The van der Waals surface area contributed by atoms with Gasteiger partial charge in [0, 0.05) is 37.0 Å². The number of carbonyl (C=O) groups is 2. The van der Waals surface area contributed by atoms with Crippen LogP contribution in [0.15, 0.2) is 48.0 Å². The predicted octanol–water partition coefficient (Wildman–Crippen LogP) is 2.92. The molecule has 1 N–H and O–H groups in total. The summed E-state index contributed by atoms with van der Waals surface area (Å²) in [6.45, 7) is 1.72. The fourth-order valence-electron chi connectivity index (χ4n) is 3.45. The maximum Gasteiger partial charge on any atom is 0.223 e. The summed E-state index contributed by atoms with van der Waals surface area (Å²) in [7, 11) is 1.63. The molecule has 8 heteroatoms. The Morgan fingerprint density at radius 2 is 2.00 bits per heavy atom. The van der Waals surface area contributed by atoms with Crippen LogP contribution in [-0.4, -0.2) is 40.1 Å². The highest BCUT2D eigenvalue weighted by Gasteiger charge is 2.21. The minimum Gasteiger partial charge on any atom is -0.497 e. The van der Waals surface area contributed by atoms with Gasteiger partial charge in [-0.05, 0) is 53.8 Å². The van der Waals surface area contributed by atoms with Gasteiger partial charge in [0.25, 0.3) is 0 Å². The summed E-state index contributed by atoms with van der Waals surface area (Å²) in [4.78, 5) is 27.8. The van der Waals surface area contributed by atoms with E-state index in [9.17, 15) is 9.59 Å². The van der Waals surface area contributed by atoms with Gasteiger partial charge in [0.05, 0.1) is 25.0 Å². The lowest BCUT2D eigenvalue weighted by atomic mass is 10.1. The summed E-state index contributed by atoms with van der Waals surface area (Å²) >= 11 is 1.75. The first-order valence-corrected chi connectivity index (χ1v) is 10.8. The Labute approximate surface area is 179 Å². The van der Waals surface area contributed by atoms with Crippen molar-refractivity contribution in [2.75, 3.05) is 13.7 Å². The van der Waals surface area contributed by atoms with Crippen molar-refractivity contribution in [3.63, 3.8) is 0 Å². The average molecular weight is 425 g/mol. The summed E-state index contributed by atoms with van der Waals surface area (Å²) in [5.74, 6) is 0.676. The molecule has 2 amide bonds. The van der Waals surface area contributed by atoms with Crippen molar-refractivity contribution in [2.45, 2.75) is 32.4 Å². The number of nitrogens with one attached hydrogen (secondary N) is 1. The number of fused-ring (bicyclic) bond motifs is 1. The quantitative estimate of drug-likeness (QED) is 0.633. The minimum absolute atomic E-state index is 0.0331. The minimum atomic E-state index is -0.143. The number of hydrogen-bond donors (Lipinski definition) is 1. The molecule has 0 radical (unpaired) electrons. The van der Waals surface area contributed by atoms with Crippen LogP contribution in [0, 0.1) is 0 Å². The third kappa shape index (κ3) is 4.71. The van der Waals surface area contributed by atoms with Gasteiger partial charge >= 0.3 is 0 Å². The van der Waals surface area contributed by atoms with Crippen LogP contribution in [0.1, 0.15) is 29.0 Å². The zero-order valence-corrected chi connectivity index (χ0v) is 17.7. The van der Waals surface area contributed by atoms with Crippen LogP contribution in [0.5, 0.6) is 5.75 Å². The summed E-state index contributed by atoms with van der Waals surface area (Å²) in [6.07, 6.45) is 3.17. The molecule has 0 fully saturated rings. The van der Waals surface area contributed by atoms with E-state index < -0.39 is 0 Å². The van der Waals surface area contributed by atoms with Gasteiger partial charge in [-0.1, -0.05) is 0 Å². The topological polar surface area (TPSA) is 76.5 Å². The van der Waals surface area contributed by atoms with E-state index in [1.165, 1.54) is 10.4 Å². The van der Waals surface area contributed by atoms with Gasteiger partial charge < -0.3 is 15.0 Å². The van der Waals surface area contributed by atoms with Gasteiger partial charge in [0.2, 0.25) is 11.8 Å². The largest absolute Gasteiger partial charge is 0.497 e. The number of amides is 2. The van der Waals surface area contributed by atoms with E-state index in [0.717, 1.165) is 30.1 Å². The molecule has 0 saturated heterocycles. The van der Waals surface area contributed by atoms with E-state index in [1.54, 1.807) is 23.1 Å². The van der Waals surface area contributed by atoms with E-state index in [-0.39, 0.29) is 24.7 Å². The maximum atomic E-state index is 12.4. The summed E-state index contributed by atoms with van der Waals surface area (Å²) in [6, 6.07) is 11.5. The number of aromatic nitrogens is 2. The molecule has 4 rings (SSSR count). The van der Waals surface area contributed by atoms with Gasteiger partial charge in [-0.15, -0.1) is 11.3 Å². The number of thiophene rings is 1. The van der Waals surface area contributed by atoms with Crippen LogP contribution in [0.2, 0.25) is 0 Å². The van der Waals surface area contributed by atoms with E-state index in [1.807, 2.05) is 41.4 Å². The molecule has 0 aliphatic carbocycles. The number of hydrogen-bond acceptors (Lipinski definition) is 5. The zero-order chi connectivity index (χ0) is 20.9. The summed E-state index contributed by atoms with van der Waals surface area (Å²) in [5, 5.41) is 9.40. The number of nitrogens with zero attached hydrogens (tertiary/aromatic N) is 3. The fraction of sp³-hybridized carbons (Fsp3) is 0.318. The van der Waals surface area contributed by atoms with Gasteiger partial charge in [0.15, 0.2) is 0 Å². The first kappa shape index (κ1) is 20.2.